The molecule has 3 fully saturated rings. The summed E-state index contributed by atoms with van der Waals surface area (Å²) in [5, 5.41) is 0. The highest BCUT2D eigenvalue weighted by Crippen LogP contribution is 2.41. The van der Waals surface area contributed by atoms with Crippen molar-refractivity contribution < 1.29 is 112 Å². The van der Waals surface area contributed by atoms with Gasteiger partial charge in [0.25, 0.3) is 0 Å². The molecule has 0 bridgehead atoms. The van der Waals surface area contributed by atoms with Gasteiger partial charge in [0.15, 0.2) is 30.9 Å². The maximum absolute atomic E-state index is 16.2. The molecule has 3 aliphatic heterocycles. The van der Waals surface area contributed by atoms with Crippen LogP contribution >= 0.6 is 11.8 Å². The van der Waals surface area contributed by atoms with E-state index in [4.69, 9.17) is 71.1 Å². The number of carbonyl (C=O) groups is 3. The van der Waals surface area contributed by atoms with Crippen LogP contribution in [0.1, 0.15) is 76.9 Å². The lowest BCUT2D eigenvalue weighted by Gasteiger charge is -2.50. The van der Waals surface area contributed by atoms with Crippen molar-refractivity contribution in [2.45, 2.75) is 144 Å². The smallest absolute Gasteiger partial charge is 0.341 e. The lowest BCUT2D eigenvalue weighted by atomic mass is 9.96. The molecule has 0 aliphatic carbocycles. The van der Waals surface area contributed by atoms with Crippen molar-refractivity contribution in [1.82, 2.24) is 0 Å². The summed E-state index contributed by atoms with van der Waals surface area (Å²) in [6.07, 6.45) is -22.2. The first-order valence-corrected chi connectivity index (χ1v) is 38.6. The van der Waals surface area contributed by atoms with Gasteiger partial charge in [-0.3, -0.25) is 0 Å². The van der Waals surface area contributed by atoms with Crippen LogP contribution < -0.4 is 0 Å². The molecule has 115 heavy (non-hydrogen) atoms. The third-order valence-electron chi connectivity index (χ3n) is 19.2. The van der Waals surface area contributed by atoms with E-state index in [0.717, 1.165) is 64.9 Å². The van der Waals surface area contributed by atoms with E-state index >= 15 is 35.9 Å². The van der Waals surface area contributed by atoms with Crippen molar-refractivity contribution in [3.63, 3.8) is 0 Å². The van der Waals surface area contributed by atoms with E-state index in [1.807, 2.05) is 127 Å². The Morgan fingerprint density at radius 1 is 0.304 bits per heavy atom. The zero-order valence-electron chi connectivity index (χ0n) is 62.4. The highest BCUT2D eigenvalue weighted by Gasteiger charge is 2.58. The summed E-state index contributed by atoms with van der Waals surface area (Å²) in [4.78, 5) is 44.9. The van der Waals surface area contributed by atoms with Crippen molar-refractivity contribution in [2.75, 3.05) is 25.6 Å². The first kappa shape index (κ1) is 83.0. The molecule has 15 atom stereocenters. The largest absolute Gasteiger partial charge is 0.452 e. The first-order valence-electron chi connectivity index (χ1n) is 37.5. The van der Waals surface area contributed by atoms with E-state index in [9.17, 15) is 4.79 Å². The van der Waals surface area contributed by atoms with Gasteiger partial charge in [0.1, 0.15) is 95.3 Å². The number of halogens is 6. The summed E-state index contributed by atoms with van der Waals surface area (Å²) < 4.78 is 197. The van der Waals surface area contributed by atoms with Gasteiger partial charge in [-0.15, -0.1) is 11.8 Å². The number of hydrogen-bond acceptors (Lipinski definition) is 19. The minimum absolute atomic E-state index is 0.0290. The Hall–Kier alpha value is -9.94. The van der Waals surface area contributed by atoms with E-state index in [1.54, 1.807) is 91.9 Å². The Morgan fingerprint density at radius 3 is 0.930 bits per heavy atom. The number of esters is 3. The van der Waals surface area contributed by atoms with Gasteiger partial charge < -0.3 is 71.1 Å². The second kappa shape index (κ2) is 41.6. The van der Waals surface area contributed by atoms with Gasteiger partial charge in [-0.1, -0.05) is 219 Å². The van der Waals surface area contributed by atoms with Crippen molar-refractivity contribution in [1.29, 1.82) is 0 Å². The number of carbonyl (C=O) groups excluding carboxylic acids is 3. The highest BCUT2D eigenvalue weighted by molar-refractivity contribution is 7.99. The fourth-order valence-corrected chi connectivity index (χ4v) is 14.5. The summed E-state index contributed by atoms with van der Waals surface area (Å²) in [5.74, 6) is -10.4. The van der Waals surface area contributed by atoms with Gasteiger partial charge >= 0.3 is 17.9 Å². The van der Waals surface area contributed by atoms with Crippen LogP contribution in [-0.2, 0) is 117 Å². The lowest BCUT2D eigenvalue weighted by molar-refractivity contribution is -0.354. The second-order valence-corrected chi connectivity index (χ2v) is 28.7. The molecule has 0 N–H and O–H groups in total. The van der Waals surface area contributed by atoms with Gasteiger partial charge in [0, 0.05) is 0 Å². The number of benzene rings is 10. The quantitative estimate of drug-likeness (QED) is 0.0204. The maximum atomic E-state index is 16.2. The molecule has 0 radical (unpaired) electrons. The SMILES string of the molecule is CCS[C@H]1O[C@H](CO[C@H]2O[C@H](COCc3ccccc3)[C@@H](OCc3ccccc3)[C@H](OCc3ccccc3)[C@@H]2OC(=O)c2cc(F)ccc2F)[C@@H](OCc2ccccc2)[C@H](O[C@H]2O[C@H](COCc3ccccc3)[C@@H](OCc3ccccc3)[C@H](OCc3ccccc3)[C@@H]2OC(=O)c2cc(F)ccc2F)[C@@H]1OC(=O)c1cc(F)ccc1F. The number of hydrogen-bond donors (Lipinski definition) is 0. The minimum atomic E-state index is -2.00. The second-order valence-electron chi connectivity index (χ2n) is 27.3. The van der Waals surface area contributed by atoms with Crippen molar-refractivity contribution in [2.24, 2.45) is 0 Å². The van der Waals surface area contributed by atoms with E-state index < -0.39 is 167 Å². The normalized spacial score (nSPS) is 23.4. The summed E-state index contributed by atoms with van der Waals surface area (Å²) in [6.45, 7) is -0.129. The summed E-state index contributed by atoms with van der Waals surface area (Å²) in [5.41, 5.74) is 0.933. The van der Waals surface area contributed by atoms with E-state index in [-0.39, 0.29) is 65.2 Å². The molecule has 0 aromatic heterocycles. The molecule has 3 aliphatic rings. The Kier molecular flexibility index (Phi) is 30.0. The monoisotopic (exact) mass is 1600 g/mol. The van der Waals surface area contributed by atoms with Gasteiger partial charge in [-0.2, -0.15) is 0 Å². The van der Waals surface area contributed by atoms with E-state index in [1.165, 1.54) is 0 Å². The Bertz CT molecular complexity index is 4700. The third-order valence-corrected chi connectivity index (χ3v) is 20.2. The number of ether oxygens (including phenoxy) is 15. The van der Waals surface area contributed by atoms with Gasteiger partial charge in [0.2, 0.25) is 0 Å². The molecule has 10 aromatic carbocycles. The highest BCUT2D eigenvalue weighted by atomic mass is 32.2. The summed E-state index contributed by atoms with van der Waals surface area (Å²) >= 11 is 1.06. The standard InChI is InChI=1S/C90H84F6O18S/c1-2-115-90-84(113-87(99)69-46-66(93)40-43-72(69)96)81(114-89-83(112-86(98)68-45-65(92)39-42-71(68)95)80(106-53-63-36-22-9-23-37-63)77(103-50-60-30-16-6-17-31-60)74(109-89)55-101-48-58-26-12-4-13-27-58)78(104-51-61-32-18-7-19-33-61)75(110-90)56-107-88-82(111-85(97)67-44-64(91)38-41-70(67)94)79(105-52-62-34-20-8-21-35-62)76(102-49-59-28-14-5-15-29-59)73(108-88)54-100-47-57-24-10-3-11-25-57/h3-46,73-84,88-90H,2,47-56H2,1H3/t73-,74-,75-,76-,77-,78-,79+,80+,81+,82+,83+,84+,88+,89-,90-/m1/s1. The molecular weight excluding hydrogens is 1520 g/mol. The predicted molar refractivity (Wildman–Crippen MR) is 409 cm³/mol. The van der Waals surface area contributed by atoms with Gasteiger partial charge in [-0.25, -0.2) is 40.7 Å². The summed E-state index contributed by atoms with van der Waals surface area (Å²) in [6, 6.07) is 70.2. The molecule has 18 nitrogen and oxygen atoms in total. The Labute approximate surface area is 665 Å². The predicted octanol–water partition coefficient (Wildman–Crippen LogP) is 16.2. The molecule has 0 amide bonds. The molecule has 600 valence electrons. The van der Waals surface area contributed by atoms with Crippen LogP contribution in [0.4, 0.5) is 26.3 Å². The molecule has 3 saturated heterocycles. The van der Waals surface area contributed by atoms with Crippen LogP contribution in [0.3, 0.4) is 0 Å². The molecule has 0 saturated carbocycles. The van der Waals surface area contributed by atoms with Crippen molar-refractivity contribution >= 4 is 29.7 Å². The number of thioether (sulfide) groups is 1. The topological polar surface area (TPSA) is 190 Å². The fraction of sp³-hybridized carbons (Fsp3) is 0.300. The van der Waals surface area contributed by atoms with Crippen LogP contribution in [0.5, 0.6) is 0 Å². The number of rotatable bonds is 36. The molecule has 3 heterocycles. The van der Waals surface area contributed by atoms with Crippen LogP contribution in [0.2, 0.25) is 0 Å². The van der Waals surface area contributed by atoms with Crippen LogP contribution in [-0.4, -0.2) is 135 Å². The van der Waals surface area contributed by atoms with Crippen LogP contribution in [0, 0.1) is 34.9 Å². The zero-order chi connectivity index (χ0) is 79.8. The lowest BCUT2D eigenvalue weighted by Crippen LogP contribution is -2.67. The Morgan fingerprint density at radius 2 is 0.591 bits per heavy atom. The fourth-order valence-electron chi connectivity index (χ4n) is 13.5. The van der Waals surface area contributed by atoms with Crippen molar-refractivity contribution in [3.8, 4) is 0 Å². The third kappa shape index (κ3) is 22.8. The average molecular weight is 1600 g/mol. The summed E-state index contributed by atoms with van der Waals surface area (Å²) in [7, 11) is 0. The molecule has 10 aromatic rings. The zero-order valence-corrected chi connectivity index (χ0v) is 63.2. The Balaban J connectivity index is 0.951. The first-order chi connectivity index (χ1) is 56.2. The van der Waals surface area contributed by atoms with Crippen LogP contribution in [0.15, 0.2) is 267 Å². The molecule has 0 spiro atoms. The van der Waals surface area contributed by atoms with Crippen LogP contribution in [0.25, 0.3) is 0 Å². The average Bonchev–Trinajstić information content (AvgIpc) is 0.758. The van der Waals surface area contributed by atoms with E-state index in [2.05, 4.69) is 0 Å². The van der Waals surface area contributed by atoms with Crippen molar-refractivity contribution in [3.05, 3.63) is 357 Å². The molecule has 13 rings (SSSR count). The maximum Gasteiger partial charge on any atom is 0.341 e. The van der Waals surface area contributed by atoms with Gasteiger partial charge in [-0.05, 0) is 99.3 Å². The van der Waals surface area contributed by atoms with E-state index in [0.29, 0.717) is 40.5 Å². The molecule has 25 heteroatoms. The molecular formula is C90H84F6O18S. The molecule has 0 unspecified atom stereocenters. The van der Waals surface area contributed by atoms with Gasteiger partial charge in [0.05, 0.1) is 82.8 Å². The minimum Gasteiger partial charge on any atom is -0.452 e.